The predicted molar refractivity (Wildman–Crippen MR) is 67.7 cm³/mol. The van der Waals surface area contributed by atoms with E-state index in [9.17, 15) is 0 Å². The molecule has 0 aromatic carbocycles. The highest BCUT2D eigenvalue weighted by atomic mass is 14.7. The number of rotatable bonds is 7. The average Bonchev–Trinajstić information content (AvgIpc) is 2.89. The first-order valence-corrected chi connectivity index (χ1v) is 6.83. The van der Waals surface area contributed by atoms with Gasteiger partial charge in [-0.2, -0.15) is 0 Å². The van der Waals surface area contributed by atoms with E-state index in [1.807, 2.05) is 0 Å². The second kappa shape index (κ2) is 5.89. The summed E-state index contributed by atoms with van der Waals surface area (Å²) in [7, 11) is 0. The van der Waals surface area contributed by atoms with Gasteiger partial charge in [0, 0.05) is 6.04 Å². The van der Waals surface area contributed by atoms with E-state index in [-0.39, 0.29) is 0 Å². The molecule has 0 saturated heterocycles. The molecule has 1 fully saturated rings. The monoisotopic (exact) mass is 211 g/mol. The minimum Gasteiger partial charge on any atom is -0.327 e. The standard InChI is InChI=1S/C14H29N/c1-5-11(4)12(6-2)7-10(3)8-13-9-14(13)15/h10-14H,5-9,15H2,1-4H3/t10?,11-,12?,13?,14?/m1/s1. The third-order valence-electron chi connectivity index (χ3n) is 4.36. The number of hydrogen-bond donors (Lipinski definition) is 1. The molecule has 0 aliphatic heterocycles. The molecule has 1 nitrogen and oxygen atoms in total. The van der Waals surface area contributed by atoms with Gasteiger partial charge in [-0.25, -0.2) is 0 Å². The van der Waals surface area contributed by atoms with Gasteiger partial charge in [-0.05, 0) is 42.9 Å². The Labute approximate surface area is 95.8 Å². The highest BCUT2D eigenvalue weighted by Crippen LogP contribution is 2.37. The summed E-state index contributed by atoms with van der Waals surface area (Å²) in [6.45, 7) is 9.47. The van der Waals surface area contributed by atoms with Crippen LogP contribution < -0.4 is 5.73 Å². The van der Waals surface area contributed by atoms with Crippen molar-refractivity contribution in [1.29, 1.82) is 0 Å². The van der Waals surface area contributed by atoms with Gasteiger partial charge in [0.2, 0.25) is 0 Å². The predicted octanol–water partition coefficient (Wildman–Crippen LogP) is 3.82. The van der Waals surface area contributed by atoms with Crippen LogP contribution in [-0.2, 0) is 0 Å². The normalized spacial score (nSPS) is 31.0. The largest absolute Gasteiger partial charge is 0.327 e. The lowest BCUT2D eigenvalue weighted by atomic mass is 9.81. The molecule has 1 aliphatic rings. The average molecular weight is 211 g/mol. The highest BCUT2D eigenvalue weighted by Gasteiger charge is 2.34. The summed E-state index contributed by atoms with van der Waals surface area (Å²) >= 11 is 0. The van der Waals surface area contributed by atoms with Crippen LogP contribution in [0.3, 0.4) is 0 Å². The molecule has 0 aromatic heterocycles. The summed E-state index contributed by atoms with van der Waals surface area (Å²) in [4.78, 5) is 0. The van der Waals surface area contributed by atoms with Crippen molar-refractivity contribution in [2.24, 2.45) is 29.4 Å². The smallest absolute Gasteiger partial charge is 0.00710 e. The first-order valence-electron chi connectivity index (χ1n) is 6.83. The van der Waals surface area contributed by atoms with Gasteiger partial charge in [0.1, 0.15) is 0 Å². The molecule has 90 valence electrons. The topological polar surface area (TPSA) is 26.0 Å². The summed E-state index contributed by atoms with van der Waals surface area (Å²) < 4.78 is 0. The molecule has 1 saturated carbocycles. The third kappa shape index (κ3) is 4.14. The third-order valence-corrected chi connectivity index (χ3v) is 4.36. The van der Waals surface area contributed by atoms with Gasteiger partial charge < -0.3 is 5.73 Å². The molecular formula is C14H29N. The van der Waals surface area contributed by atoms with Gasteiger partial charge in [-0.3, -0.25) is 0 Å². The summed E-state index contributed by atoms with van der Waals surface area (Å²) in [6, 6.07) is 0.538. The van der Waals surface area contributed by atoms with Gasteiger partial charge in [0.15, 0.2) is 0 Å². The summed E-state index contributed by atoms with van der Waals surface area (Å²) in [5, 5.41) is 0. The maximum Gasteiger partial charge on any atom is 0.00710 e. The molecule has 1 aliphatic carbocycles. The molecule has 2 N–H and O–H groups in total. The van der Waals surface area contributed by atoms with E-state index in [2.05, 4.69) is 27.7 Å². The van der Waals surface area contributed by atoms with Crippen molar-refractivity contribution in [2.75, 3.05) is 0 Å². The van der Waals surface area contributed by atoms with Gasteiger partial charge >= 0.3 is 0 Å². The molecule has 0 bridgehead atoms. The molecular weight excluding hydrogens is 182 g/mol. The number of nitrogens with two attached hydrogens (primary N) is 1. The SMILES string of the molecule is CCC(CC(C)CC1CC1N)[C@H](C)CC. The maximum atomic E-state index is 5.86. The van der Waals surface area contributed by atoms with Crippen molar-refractivity contribution in [3.8, 4) is 0 Å². The van der Waals surface area contributed by atoms with Gasteiger partial charge in [0.05, 0.1) is 0 Å². The van der Waals surface area contributed by atoms with Crippen LogP contribution in [0.25, 0.3) is 0 Å². The van der Waals surface area contributed by atoms with E-state index < -0.39 is 0 Å². The fraction of sp³-hybridized carbons (Fsp3) is 1.00. The van der Waals surface area contributed by atoms with Gasteiger partial charge in [-0.15, -0.1) is 0 Å². The lowest BCUT2D eigenvalue weighted by molar-refractivity contribution is 0.264. The maximum absolute atomic E-state index is 5.86. The van der Waals surface area contributed by atoms with E-state index in [1.54, 1.807) is 0 Å². The Bertz CT molecular complexity index is 178. The Balaban J connectivity index is 2.24. The Morgan fingerprint density at radius 2 is 1.80 bits per heavy atom. The molecule has 1 rings (SSSR count). The van der Waals surface area contributed by atoms with Crippen molar-refractivity contribution in [3.63, 3.8) is 0 Å². The summed E-state index contributed by atoms with van der Waals surface area (Å²) in [6.07, 6.45) is 6.73. The van der Waals surface area contributed by atoms with Crippen molar-refractivity contribution < 1.29 is 0 Å². The van der Waals surface area contributed by atoms with E-state index in [0.717, 1.165) is 23.7 Å². The molecule has 5 atom stereocenters. The second-order valence-corrected chi connectivity index (χ2v) is 5.79. The molecule has 1 heteroatoms. The highest BCUT2D eigenvalue weighted by molar-refractivity contribution is 4.90. The Hall–Kier alpha value is -0.0400. The second-order valence-electron chi connectivity index (χ2n) is 5.79. The Kier molecular flexibility index (Phi) is 5.11. The van der Waals surface area contributed by atoms with Crippen molar-refractivity contribution in [1.82, 2.24) is 0 Å². The molecule has 0 amide bonds. The lowest BCUT2D eigenvalue weighted by Crippen LogP contribution is -2.15. The zero-order valence-corrected chi connectivity index (χ0v) is 11.0. The minimum absolute atomic E-state index is 0.538. The fourth-order valence-electron chi connectivity index (χ4n) is 2.81. The van der Waals surface area contributed by atoms with Crippen LogP contribution in [0, 0.1) is 23.7 Å². The van der Waals surface area contributed by atoms with Crippen LogP contribution in [0.2, 0.25) is 0 Å². The van der Waals surface area contributed by atoms with Crippen molar-refractivity contribution in [2.45, 2.75) is 65.8 Å². The zero-order chi connectivity index (χ0) is 11.4. The van der Waals surface area contributed by atoms with E-state index in [1.165, 1.54) is 32.1 Å². The van der Waals surface area contributed by atoms with Gasteiger partial charge in [0.25, 0.3) is 0 Å². The minimum atomic E-state index is 0.538. The number of hydrogen-bond acceptors (Lipinski definition) is 1. The van der Waals surface area contributed by atoms with Crippen LogP contribution in [0.4, 0.5) is 0 Å². The zero-order valence-electron chi connectivity index (χ0n) is 11.0. The quantitative estimate of drug-likeness (QED) is 0.680. The summed E-state index contributed by atoms with van der Waals surface area (Å²) in [5.74, 6) is 3.56. The summed E-state index contributed by atoms with van der Waals surface area (Å²) in [5.41, 5.74) is 5.86. The van der Waals surface area contributed by atoms with Crippen LogP contribution in [0.1, 0.15) is 59.8 Å². The van der Waals surface area contributed by atoms with Crippen molar-refractivity contribution >= 4 is 0 Å². The van der Waals surface area contributed by atoms with E-state index >= 15 is 0 Å². The van der Waals surface area contributed by atoms with Gasteiger partial charge in [-0.1, -0.05) is 40.5 Å². The molecule has 15 heavy (non-hydrogen) atoms. The molecule has 0 aromatic rings. The Morgan fingerprint density at radius 3 is 2.20 bits per heavy atom. The van der Waals surface area contributed by atoms with Crippen LogP contribution in [0.15, 0.2) is 0 Å². The van der Waals surface area contributed by atoms with Crippen molar-refractivity contribution in [3.05, 3.63) is 0 Å². The fourth-order valence-corrected chi connectivity index (χ4v) is 2.81. The van der Waals surface area contributed by atoms with Crippen LogP contribution in [0.5, 0.6) is 0 Å². The lowest BCUT2D eigenvalue weighted by Gasteiger charge is -2.24. The first kappa shape index (κ1) is 13.0. The van der Waals surface area contributed by atoms with Crippen LogP contribution >= 0.6 is 0 Å². The Morgan fingerprint density at radius 1 is 1.20 bits per heavy atom. The molecule has 0 spiro atoms. The molecule has 0 heterocycles. The van der Waals surface area contributed by atoms with E-state index in [0.29, 0.717) is 6.04 Å². The first-order chi connectivity index (χ1) is 7.08. The van der Waals surface area contributed by atoms with Crippen LogP contribution in [-0.4, -0.2) is 6.04 Å². The molecule has 4 unspecified atom stereocenters. The molecule has 0 radical (unpaired) electrons. The van der Waals surface area contributed by atoms with E-state index in [4.69, 9.17) is 5.73 Å².